The van der Waals surface area contributed by atoms with E-state index in [1.165, 1.54) is 41.4 Å². The molecular weight excluding hydrogens is 452 g/mol. The second kappa shape index (κ2) is 10.7. The van der Waals surface area contributed by atoms with Crippen molar-refractivity contribution in [2.24, 2.45) is 13.0 Å². The highest BCUT2D eigenvalue weighted by atomic mass is 32.2. The predicted octanol–water partition coefficient (Wildman–Crippen LogP) is 4.89. The molecule has 1 aliphatic heterocycles. The SMILES string of the molecule is CC(C)C(=O)OOC(=O)c1c(Sc2ccc(-c3ccc(N4CCCCC4)cc3)cc2)nnn1C. The van der Waals surface area contributed by atoms with Gasteiger partial charge in [0, 0.05) is 30.7 Å². The number of carbonyl (C=O) groups is 2. The molecule has 2 aromatic carbocycles. The highest BCUT2D eigenvalue weighted by Crippen LogP contribution is 2.31. The van der Waals surface area contributed by atoms with Gasteiger partial charge >= 0.3 is 11.9 Å². The summed E-state index contributed by atoms with van der Waals surface area (Å²) in [5.41, 5.74) is 3.64. The zero-order chi connectivity index (χ0) is 24.1. The van der Waals surface area contributed by atoms with Crippen molar-refractivity contribution in [3.8, 4) is 11.1 Å². The third kappa shape index (κ3) is 5.59. The molecule has 0 spiro atoms. The van der Waals surface area contributed by atoms with E-state index in [0.29, 0.717) is 5.03 Å². The van der Waals surface area contributed by atoms with Crippen LogP contribution in [0.25, 0.3) is 11.1 Å². The molecule has 0 amide bonds. The molecule has 0 atom stereocenters. The average Bonchev–Trinajstić information content (AvgIpc) is 3.23. The standard InChI is InChI=1S/C25H28N4O4S/c1-17(2)24(30)32-33-25(31)22-23(26-27-28(22)3)34-21-13-9-19(10-14-21)18-7-11-20(12-8-18)29-15-5-4-6-16-29/h7-14,17H,4-6,15-16H2,1-3H3. The first-order chi connectivity index (χ1) is 16.4. The van der Waals surface area contributed by atoms with E-state index in [1.807, 2.05) is 24.3 Å². The van der Waals surface area contributed by atoms with Crippen molar-refractivity contribution in [2.45, 2.75) is 43.0 Å². The Morgan fingerprint density at radius 2 is 1.53 bits per heavy atom. The number of aromatic nitrogens is 3. The lowest BCUT2D eigenvalue weighted by molar-refractivity contribution is -0.237. The number of rotatable bonds is 6. The lowest BCUT2D eigenvalue weighted by atomic mass is 10.0. The molecule has 34 heavy (non-hydrogen) atoms. The van der Waals surface area contributed by atoms with E-state index in [1.54, 1.807) is 20.9 Å². The van der Waals surface area contributed by atoms with Crippen molar-refractivity contribution in [1.82, 2.24) is 15.0 Å². The Morgan fingerprint density at radius 3 is 2.15 bits per heavy atom. The van der Waals surface area contributed by atoms with E-state index in [9.17, 15) is 9.59 Å². The van der Waals surface area contributed by atoms with Gasteiger partial charge in [-0.15, -0.1) is 5.10 Å². The Balaban J connectivity index is 1.42. The third-order valence-electron chi connectivity index (χ3n) is 5.65. The quantitative estimate of drug-likeness (QED) is 0.364. The van der Waals surface area contributed by atoms with Gasteiger partial charge in [0.1, 0.15) is 0 Å². The summed E-state index contributed by atoms with van der Waals surface area (Å²) in [6.45, 7) is 5.55. The van der Waals surface area contributed by atoms with Gasteiger partial charge < -0.3 is 4.90 Å². The molecule has 0 saturated carbocycles. The van der Waals surface area contributed by atoms with Gasteiger partial charge in [-0.2, -0.15) is 0 Å². The first-order valence-electron chi connectivity index (χ1n) is 11.4. The van der Waals surface area contributed by atoms with E-state index in [2.05, 4.69) is 44.4 Å². The highest BCUT2D eigenvalue weighted by molar-refractivity contribution is 7.99. The summed E-state index contributed by atoms with van der Waals surface area (Å²) < 4.78 is 1.30. The molecule has 178 valence electrons. The van der Waals surface area contributed by atoms with Crippen molar-refractivity contribution >= 4 is 29.4 Å². The summed E-state index contributed by atoms with van der Waals surface area (Å²) in [6, 6.07) is 16.7. The third-order valence-corrected chi connectivity index (χ3v) is 6.63. The molecule has 1 aromatic heterocycles. The second-order valence-electron chi connectivity index (χ2n) is 8.52. The van der Waals surface area contributed by atoms with Crippen LogP contribution in [0.15, 0.2) is 58.5 Å². The van der Waals surface area contributed by atoms with E-state index in [0.717, 1.165) is 29.1 Å². The highest BCUT2D eigenvalue weighted by Gasteiger charge is 2.24. The number of hydrogen-bond donors (Lipinski definition) is 0. The van der Waals surface area contributed by atoms with Gasteiger partial charge in [0.25, 0.3) is 0 Å². The molecular formula is C25H28N4O4S. The molecule has 1 saturated heterocycles. The van der Waals surface area contributed by atoms with Gasteiger partial charge in [0.2, 0.25) is 0 Å². The van der Waals surface area contributed by atoms with Crippen LogP contribution in [0.1, 0.15) is 43.6 Å². The van der Waals surface area contributed by atoms with Gasteiger partial charge in [-0.3, -0.25) is 0 Å². The Kier molecular flexibility index (Phi) is 7.52. The Labute approximate surface area is 203 Å². The van der Waals surface area contributed by atoms with E-state index in [-0.39, 0.29) is 5.69 Å². The number of nitrogens with zero attached hydrogens (tertiary/aromatic N) is 4. The normalized spacial score (nSPS) is 13.7. The lowest BCUT2D eigenvalue weighted by Gasteiger charge is -2.28. The zero-order valence-corrected chi connectivity index (χ0v) is 20.4. The monoisotopic (exact) mass is 480 g/mol. The van der Waals surface area contributed by atoms with E-state index < -0.39 is 17.9 Å². The molecule has 9 heteroatoms. The molecule has 8 nitrogen and oxygen atoms in total. The fourth-order valence-electron chi connectivity index (χ4n) is 3.68. The van der Waals surface area contributed by atoms with Crippen molar-refractivity contribution < 1.29 is 19.4 Å². The fourth-order valence-corrected chi connectivity index (χ4v) is 4.57. The molecule has 0 N–H and O–H groups in total. The van der Waals surface area contributed by atoms with Crippen molar-refractivity contribution in [1.29, 1.82) is 0 Å². The first-order valence-corrected chi connectivity index (χ1v) is 12.2. The zero-order valence-electron chi connectivity index (χ0n) is 19.6. The Hall–Kier alpha value is -3.33. The van der Waals surface area contributed by atoms with Crippen LogP contribution >= 0.6 is 11.8 Å². The van der Waals surface area contributed by atoms with Gasteiger partial charge in [0.15, 0.2) is 10.7 Å². The Bertz CT molecular complexity index is 1140. The number of anilines is 1. The number of carbonyl (C=O) groups excluding carboxylic acids is 2. The summed E-state index contributed by atoms with van der Waals surface area (Å²) in [5, 5.41) is 8.33. The summed E-state index contributed by atoms with van der Waals surface area (Å²) >= 11 is 1.29. The van der Waals surface area contributed by atoms with Crippen LogP contribution in [-0.4, -0.2) is 40.0 Å². The summed E-state index contributed by atoms with van der Waals surface area (Å²) in [6.07, 6.45) is 3.84. The Morgan fingerprint density at radius 1 is 0.912 bits per heavy atom. The largest absolute Gasteiger partial charge is 0.407 e. The minimum absolute atomic E-state index is 0.110. The maximum Gasteiger partial charge on any atom is 0.407 e. The lowest BCUT2D eigenvalue weighted by Crippen LogP contribution is -2.29. The molecule has 3 aromatic rings. The minimum atomic E-state index is -0.825. The number of piperidine rings is 1. The van der Waals surface area contributed by atoms with Crippen LogP contribution in [0.4, 0.5) is 5.69 Å². The average molecular weight is 481 g/mol. The predicted molar refractivity (Wildman–Crippen MR) is 129 cm³/mol. The molecule has 1 aliphatic rings. The van der Waals surface area contributed by atoms with Gasteiger partial charge in [-0.05, 0) is 54.7 Å². The van der Waals surface area contributed by atoms with Gasteiger partial charge in [-0.1, -0.05) is 55.1 Å². The summed E-state index contributed by atoms with van der Waals surface area (Å²) in [4.78, 5) is 36.6. The van der Waals surface area contributed by atoms with E-state index >= 15 is 0 Å². The maximum absolute atomic E-state index is 12.4. The summed E-state index contributed by atoms with van der Waals surface area (Å²) in [5.74, 6) is -1.86. The van der Waals surface area contributed by atoms with Crippen LogP contribution < -0.4 is 4.90 Å². The minimum Gasteiger partial charge on any atom is -0.372 e. The van der Waals surface area contributed by atoms with Gasteiger partial charge in [-0.25, -0.2) is 24.0 Å². The van der Waals surface area contributed by atoms with Gasteiger partial charge in [0.05, 0.1) is 5.92 Å². The molecule has 0 unspecified atom stereocenters. The molecule has 4 rings (SSSR count). The topological polar surface area (TPSA) is 86.6 Å². The number of aryl methyl sites for hydroxylation is 1. The molecule has 0 radical (unpaired) electrons. The van der Waals surface area contributed by atoms with E-state index in [4.69, 9.17) is 4.89 Å². The smallest absolute Gasteiger partial charge is 0.372 e. The molecule has 1 fully saturated rings. The van der Waals surface area contributed by atoms with Crippen LogP contribution in [0.2, 0.25) is 0 Å². The molecule has 0 bridgehead atoms. The number of hydrogen-bond acceptors (Lipinski definition) is 8. The fraction of sp³-hybridized carbons (Fsp3) is 0.360. The van der Waals surface area contributed by atoms with Crippen molar-refractivity contribution in [2.75, 3.05) is 18.0 Å². The van der Waals surface area contributed by atoms with Crippen LogP contribution in [-0.2, 0) is 21.6 Å². The first kappa shape index (κ1) is 23.8. The molecule has 2 heterocycles. The second-order valence-corrected chi connectivity index (χ2v) is 9.58. The number of benzene rings is 2. The summed E-state index contributed by atoms with van der Waals surface area (Å²) in [7, 11) is 1.58. The van der Waals surface area contributed by atoms with Crippen molar-refractivity contribution in [3.05, 3.63) is 54.2 Å². The van der Waals surface area contributed by atoms with Crippen LogP contribution in [0.5, 0.6) is 0 Å². The van der Waals surface area contributed by atoms with Crippen molar-refractivity contribution in [3.63, 3.8) is 0 Å². The maximum atomic E-state index is 12.4. The molecule has 0 aliphatic carbocycles. The van der Waals surface area contributed by atoms with Crippen LogP contribution in [0.3, 0.4) is 0 Å². The van der Waals surface area contributed by atoms with Crippen LogP contribution in [0, 0.1) is 5.92 Å².